The van der Waals surface area contributed by atoms with E-state index >= 15 is 0 Å². The average molecular weight is 184 g/mol. The van der Waals surface area contributed by atoms with Crippen molar-refractivity contribution in [1.82, 2.24) is 0 Å². The molecule has 0 saturated carbocycles. The zero-order valence-corrected chi connectivity index (χ0v) is 5.97. The van der Waals surface area contributed by atoms with Crippen molar-refractivity contribution >= 4 is 53.8 Å². The molecule has 0 aliphatic rings. The summed E-state index contributed by atoms with van der Waals surface area (Å²) in [4.78, 5) is 9.81. The Morgan fingerprint density at radius 1 is 1.25 bits per heavy atom. The molecule has 0 fully saturated rings. The molecule has 0 aromatic carbocycles. The van der Waals surface area contributed by atoms with Crippen LogP contribution in [0.1, 0.15) is 12.8 Å². The SMILES string of the molecule is O=C(O)CCCS(=O)(=O)O.[LiH].[LiH]. The summed E-state index contributed by atoms with van der Waals surface area (Å²) in [5.41, 5.74) is 0. The average Bonchev–Trinajstić information content (AvgIpc) is 1.59. The maximum atomic E-state index is 9.98. The molecule has 0 atom stereocenters. The zero-order valence-electron chi connectivity index (χ0n) is 5.15. The van der Waals surface area contributed by atoms with Crippen molar-refractivity contribution in [3.05, 3.63) is 0 Å². The van der Waals surface area contributed by atoms with Crippen molar-refractivity contribution in [2.24, 2.45) is 0 Å². The van der Waals surface area contributed by atoms with Gasteiger partial charge < -0.3 is 5.11 Å². The molecular weight excluding hydrogens is 174 g/mol. The molecule has 0 amide bonds. The second-order valence-corrected chi connectivity index (χ2v) is 3.36. The van der Waals surface area contributed by atoms with Gasteiger partial charge in [-0.2, -0.15) is 8.42 Å². The van der Waals surface area contributed by atoms with Crippen LogP contribution in [0, 0.1) is 0 Å². The van der Waals surface area contributed by atoms with Crippen LogP contribution in [0.4, 0.5) is 0 Å². The molecule has 0 radical (unpaired) electrons. The van der Waals surface area contributed by atoms with Crippen LogP contribution in [0.15, 0.2) is 0 Å². The summed E-state index contributed by atoms with van der Waals surface area (Å²) < 4.78 is 28.1. The van der Waals surface area contributed by atoms with Crippen molar-refractivity contribution < 1.29 is 22.9 Å². The standard InChI is InChI=1S/C4H8O5S.2Li.2H/c5-4(6)2-1-3-10(7,8)9;;;;/h1-3H2,(H,5,6)(H,7,8,9);;;;. The van der Waals surface area contributed by atoms with Crippen LogP contribution in [0.3, 0.4) is 0 Å². The van der Waals surface area contributed by atoms with Gasteiger partial charge in [-0.15, -0.1) is 0 Å². The van der Waals surface area contributed by atoms with E-state index < -0.39 is 21.8 Å². The van der Waals surface area contributed by atoms with Crippen molar-refractivity contribution in [2.75, 3.05) is 5.75 Å². The first-order chi connectivity index (χ1) is 4.42. The molecule has 2 N–H and O–H groups in total. The van der Waals surface area contributed by atoms with Crippen molar-refractivity contribution in [1.29, 1.82) is 0 Å². The monoisotopic (exact) mass is 184 g/mol. The van der Waals surface area contributed by atoms with Crippen molar-refractivity contribution in [3.8, 4) is 0 Å². The predicted octanol–water partition coefficient (Wildman–Crippen LogP) is -1.56. The predicted molar refractivity (Wildman–Crippen MR) is 47.6 cm³/mol. The molecule has 0 heterocycles. The van der Waals surface area contributed by atoms with Gasteiger partial charge in [0.1, 0.15) is 0 Å². The number of hydrogen-bond acceptors (Lipinski definition) is 3. The first kappa shape index (κ1) is 18.4. The van der Waals surface area contributed by atoms with E-state index in [2.05, 4.69) is 0 Å². The van der Waals surface area contributed by atoms with E-state index in [4.69, 9.17) is 9.66 Å². The fourth-order valence-corrected chi connectivity index (χ4v) is 0.915. The van der Waals surface area contributed by atoms with Gasteiger partial charge in [0.2, 0.25) is 0 Å². The van der Waals surface area contributed by atoms with Gasteiger partial charge in [-0.05, 0) is 6.42 Å². The number of aliphatic carboxylic acids is 1. The van der Waals surface area contributed by atoms with E-state index in [1.807, 2.05) is 0 Å². The summed E-state index contributed by atoms with van der Waals surface area (Å²) in [5, 5.41) is 8.03. The molecule has 0 aliphatic carbocycles. The van der Waals surface area contributed by atoms with E-state index in [1.165, 1.54) is 0 Å². The maximum absolute atomic E-state index is 9.98. The van der Waals surface area contributed by atoms with Crippen LogP contribution < -0.4 is 0 Å². The molecule has 0 saturated heterocycles. The summed E-state index contributed by atoms with van der Waals surface area (Å²) in [7, 11) is -3.98. The van der Waals surface area contributed by atoms with Gasteiger partial charge in [-0.1, -0.05) is 0 Å². The van der Waals surface area contributed by atoms with Crippen LogP contribution in [0.25, 0.3) is 0 Å². The Bertz CT molecular complexity index is 211. The van der Waals surface area contributed by atoms with Gasteiger partial charge in [0.05, 0.1) is 5.75 Å². The number of hydrogen-bond donors (Lipinski definition) is 2. The molecule has 8 heteroatoms. The molecule has 0 unspecified atom stereocenters. The van der Waals surface area contributed by atoms with E-state index in [9.17, 15) is 13.2 Å². The topological polar surface area (TPSA) is 91.7 Å². The van der Waals surface area contributed by atoms with Gasteiger partial charge in [0.25, 0.3) is 10.1 Å². The normalized spacial score (nSPS) is 9.42. The Morgan fingerprint density at radius 2 is 1.67 bits per heavy atom. The van der Waals surface area contributed by atoms with Crippen LogP contribution >= 0.6 is 0 Å². The molecule has 0 spiro atoms. The first-order valence-electron chi connectivity index (χ1n) is 2.59. The molecule has 0 aromatic rings. The minimum atomic E-state index is -3.98. The molecule has 0 bridgehead atoms. The van der Waals surface area contributed by atoms with Crippen LogP contribution in [-0.2, 0) is 14.9 Å². The van der Waals surface area contributed by atoms with Gasteiger partial charge in [0, 0.05) is 6.42 Å². The molecule has 0 aromatic heterocycles. The third-order valence-electron chi connectivity index (χ3n) is 0.793. The molecule has 0 aliphatic heterocycles. The van der Waals surface area contributed by atoms with Crippen molar-refractivity contribution in [2.45, 2.75) is 12.8 Å². The number of rotatable bonds is 4. The van der Waals surface area contributed by atoms with E-state index in [-0.39, 0.29) is 50.6 Å². The first-order valence-corrected chi connectivity index (χ1v) is 4.20. The Kier molecular flexibility index (Phi) is 12.5. The summed E-state index contributed by atoms with van der Waals surface area (Å²) in [6, 6.07) is 0. The van der Waals surface area contributed by atoms with Gasteiger partial charge in [-0.3, -0.25) is 9.35 Å². The molecule has 5 nitrogen and oxygen atoms in total. The second kappa shape index (κ2) is 8.19. The van der Waals surface area contributed by atoms with Crippen LogP contribution in [0.5, 0.6) is 0 Å². The Morgan fingerprint density at radius 3 is 1.92 bits per heavy atom. The number of carbonyl (C=O) groups is 1. The zero-order chi connectivity index (χ0) is 8.20. The Labute approximate surface area is 95.0 Å². The quantitative estimate of drug-likeness (QED) is 0.407. The number of carboxylic acids is 1. The van der Waals surface area contributed by atoms with Crippen molar-refractivity contribution in [3.63, 3.8) is 0 Å². The third-order valence-corrected chi connectivity index (χ3v) is 1.60. The summed E-state index contributed by atoms with van der Waals surface area (Å²) in [6.45, 7) is 0. The Hall–Kier alpha value is 0.575. The fourth-order valence-electron chi connectivity index (χ4n) is 0.406. The summed E-state index contributed by atoms with van der Waals surface area (Å²) in [6.07, 6.45) is -0.284. The van der Waals surface area contributed by atoms with Crippen LogP contribution in [-0.4, -0.2) is 67.5 Å². The molecule has 64 valence electrons. The Balaban J connectivity index is -0.000000405. The van der Waals surface area contributed by atoms with E-state index in [1.54, 1.807) is 0 Å². The van der Waals surface area contributed by atoms with E-state index in [0.29, 0.717) is 0 Å². The summed E-state index contributed by atoms with van der Waals surface area (Å²) in [5.74, 6) is -1.55. The minimum absolute atomic E-state index is 0. The molecule has 0 rings (SSSR count). The summed E-state index contributed by atoms with van der Waals surface area (Å²) >= 11 is 0. The fraction of sp³-hybridized carbons (Fsp3) is 0.750. The number of carboxylic acid groups (broad SMARTS) is 1. The van der Waals surface area contributed by atoms with Gasteiger partial charge in [0.15, 0.2) is 0 Å². The molecular formula is C4H10Li2O5S. The van der Waals surface area contributed by atoms with Gasteiger partial charge in [-0.25, -0.2) is 0 Å². The third kappa shape index (κ3) is 16.9. The van der Waals surface area contributed by atoms with E-state index in [0.717, 1.165) is 0 Å². The van der Waals surface area contributed by atoms with Gasteiger partial charge >= 0.3 is 43.7 Å². The second-order valence-electron chi connectivity index (χ2n) is 1.78. The van der Waals surface area contributed by atoms with Crippen LogP contribution in [0.2, 0.25) is 0 Å². The molecule has 12 heavy (non-hydrogen) atoms.